The van der Waals surface area contributed by atoms with Gasteiger partial charge in [-0.15, -0.1) is 11.3 Å². The van der Waals surface area contributed by atoms with Gasteiger partial charge >= 0.3 is 0 Å². The Bertz CT molecular complexity index is 273. The third kappa shape index (κ3) is 5.00. The summed E-state index contributed by atoms with van der Waals surface area (Å²) in [6, 6.07) is 0.531. The number of likely N-dealkylation sites (N-methyl/N-ethyl adjacent to an activating group) is 1. The summed E-state index contributed by atoms with van der Waals surface area (Å²) in [5.41, 5.74) is 1.24. The van der Waals surface area contributed by atoms with Crippen LogP contribution in [0.15, 0.2) is 5.38 Å². The van der Waals surface area contributed by atoms with Crippen molar-refractivity contribution >= 4 is 23.1 Å². The Balaban J connectivity index is 2.38. The molecule has 0 radical (unpaired) electrons. The highest BCUT2D eigenvalue weighted by Gasteiger charge is 2.06. The van der Waals surface area contributed by atoms with Crippen molar-refractivity contribution in [3.63, 3.8) is 0 Å². The average Bonchev–Trinajstić information content (AvgIpc) is 2.63. The van der Waals surface area contributed by atoms with Crippen LogP contribution < -0.4 is 5.32 Å². The van der Waals surface area contributed by atoms with Gasteiger partial charge in [0, 0.05) is 23.6 Å². The fraction of sp³-hybridized carbons (Fsp3) is 0.727. The maximum Gasteiger partial charge on any atom is 0.103 e. The number of thiazole rings is 1. The summed E-state index contributed by atoms with van der Waals surface area (Å²) in [6.45, 7) is 7.57. The molecule has 4 heteroatoms. The standard InChI is InChI=1S/C11H20N2S2/c1-4-12-9(3)6-10-7-15-11(13-10)8-14-5-2/h7,9,12H,4-6,8H2,1-3H3. The van der Waals surface area contributed by atoms with Crippen molar-refractivity contribution in [2.45, 2.75) is 39.0 Å². The molecule has 15 heavy (non-hydrogen) atoms. The summed E-state index contributed by atoms with van der Waals surface area (Å²) >= 11 is 3.73. The number of aromatic nitrogens is 1. The van der Waals surface area contributed by atoms with Gasteiger partial charge in [0.05, 0.1) is 5.69 Å². The molecule has 0 aliphatic carbocycles. The van der Waals surface area contributed by atoms with Crippen LogP contribution in [0.4, 0.5) is 0 Å². The van der Waals surface area contributed by atoms with Gasteiger partial charge in [-0.1, -0.05) is 13.8 Å². The molecule has 1 aromatic rings. The van der Waals surface area contributed by atoms with E-state index in [1.165, 1.54) is 16.5 Å². The third-order valence-electron chi connectivity index (χ3n) is 2.10. The van der Waals surface area contributed by atoms with Gasteiger partial charge in [-0.2, -0.15) is 11.8 Å². The molecule has 1 unspecified atom stereocenters. The molecule has 1 N–H and O–H groups in total. The molecule has 0 amide bonds. The molecule has 0 spiro atoms. The highest BCUT2D eigenvalue weighted by atomic mass is 32.2. The van der Waals surface area contributed by atoms with Gasteiger partial charge in [0.2, 0.25) is 0 Å². The SMILES string of the molecule is CCNC(C)Cc1csc(CSCC)n1. The highest BCUT2D eigenvalue weighted by Crippen LogP contribution is 2.17. The van der Waals surface area contributed by atoms with Crippen molar-refractivity contribution in [1.29, 1.82) is 0 Å². The zero-order chi connectivity index (χ0) is 11.1. The van der Waals surface area contributed by atoms with E-state index >= 15 is 0 Å². The van der Waals surface area contributed by atoms with E-state index in [-0.39, 0.29) is 0 Å². The van der Waals surface area contributed by atoms with E-state index in [0.717, 1.165) is 18.7 Å². The number of thioether (sulfide) groups is 1. The molecule has 0 aliphatic rings. The summed E-state index contributed by atoms with van der Waals surface area (Å²) < 4.78 is 0. The molecule has 2 nitrogen and oxygen atoms in total. The lowest BCUT2D eigenvalue weighted by molar-refractivity contribution is 0.560. The topological polar surface area (TPSA) is 24.9 Å². The number of rotatable bonds is 7. The van der Waals surface area contributed by atoms with Gasteiger partial charge in [-0.25, -0.2) is 4.98 Å². The molecule has 1 heterocycles. The number of hydrogen-bond acceptors (Lipinski definition) is 4. The quantitative estimate of drug-likeness (QED) is 0.798. The number of hydrogen-bond donors (Lipinski definition) is 1. The fourth-order valence-electron chi connectivity index (χ4n) is 1.43. The summed E-state index contributed by atoms with van der Waals surface area (Å²) in [5, 5.41) is 6.86. The molecular weight excluding hydrogens is 224 g/mol. The normalized spacial score (nSPS) is 13.0. The van der Waals surface area contributed by atoms with Gasteiger partial charge in [0.1, 0.15) is 5.01 Å². The Morgan fingerprint density at radius 1 is 1.53 bits per heavy atom. The van der Waals surface area contributed by atoms with Crippen LogP contribution in [0, 0.1) is 0 Å². The summed E-state index contributed by atoms with van der Waals surface area (Å²) in [4.78, 5) is 4.63. The summed E-state index contributed by atoms with van der Waals surface area (Å²) in [5.74, 6) is 2.24. The van der Waals surface area contributed by atoms with Crippen LogP contribution in [0.3, 0.4) is 0 Å². The Labute approximate surface area is 101 Å². The highest BCUT2D eigenvalue weighted by molar-refractivity contribution is 7.98. The predicted octanol–water partition coefficient (Wildman–Crippen LogP) is 2.94. The van der Waals surface area contributed by atoms with Gasteiger partial charge < -0.3 is 5.32 Å². The number of nitrogens with zero attached hydrogens (tertiary/aromatic N) is 1. The van der Waals surface area contributed by atoms with Gasteiger partial charge in [0.15, 0.2) is 0 Å². The second-order valence-electron chi connectivity index (χ2n) is 3.53. The molecular formula is C11H20N2S2. The van der Waals surface area contributed by atoms with Gasteiger partial charge in [-0.3, -0.25) is 0 Å². The van der Waals surface area contributed by atoms with Gasteiger partial charge in [0.25, 0.3) is 0 Å². The minimum atomic E-state index is 0.531. The Kier molecular flexibility index (Phi) is 6.29. The molecule has 0 saturated heterocycles. The van der Waals surface area contributed by atoms with E-state index in [1.807, 2.05) is 11.8 Å². The first kappa shape index (κ1) is 13.0. The van der Waals surface area contributed by atoms with Crippen LogP contribution >= 0.6 is 23.1 Å². The van der Waals surface area contributed by atoms with Crippen molar-refractivity contribution in [1.82, 2.24) is 10.3 Å². The van der Waals surface area contributed by atoms with Crippen molar-refractivity contribution in [3.05, 3.63) is 16.1 Å². The molecule has 0 bridgehead atoms. The van der Waals surface area contributed by atoms with Crippen LogP contribution in [0.5, 0.6) is 0 Å². The second kappa shape index (κ2) is 7.25. The third-order valence-corrected chi connectivity index (χ3v) is 4.06. The fourth-order valence-corrected chi connectivity index (χ4v) is 2.99. The second-order valence-corrected chi connectivity index (χ2v) is 5.75. The van der Waals surface area contributed by atoms with E-state index in [0.29, 0.717) is 6.04 Å². The minimum Gasteiger partial charge on any atom is -0.314 e. The van der Waals surface area contributed by atoms with Crippen molar-refractivity contribution < 1.29 is 0 Å². The number of nitrogens with one attached hydrogen (secondary N) is 1. The van der Waals surface area contributed by atoms with E-state index in [2.05, 4.69) is 36.5 Å². The van der Waals surface area contributed by atoms with Crippen LogP contribution in [0.1, 0.15) is 31.5 Å². The van der Waals surface area contributed by atoms with Crippen molar-refractivity contribution in [2.24, 2.45) is 0 Å². The zero-order valence-corrected chi connectivity index (χ0v) is 11.4. The first-order valence-electron chi connectivity index (χ1n) is 5.50. The van der Waals surface area contributed by atoms with E-state index in [9.17, 15) is 0 Å². The maximum atomic E-state index is 4.63. The lowest BCUT2D eigenvalue weighted by Gasteiger charge is -2.09. The smallest absolute Gasteiger partial charge is 0.103 e. The molecule has 0 saturated carbocycles. The predicted molar refractivity (Wildman–Crippen MR) is 70.8 cm³/mol. The maximum absolute atomic E-state index is 4.63. The first-order valence-corrected chi connectivity index (χ1v) is 7.54. The van der Waals surface area contributed by atoms with E-state index in [1.54, 1.807) is 11.3 Å². The van der Waals surface area contributed by atoms with Crippen molar-refractivity contribution in [2.75, 3.05) is 12.3 Å². The van der Waals surface area contributed by atoms with Crippen LogP contribution in [0.25, 0.3) is 0 Å². The Morgan fingerprint density at radius 2 is 2.33 bits per heavy atom. The molecule has 1 rings (SSSR count). The lowest BCUT2D eigenvalue weighted by atomic mass is 10.2. The zero-order valence-electron chi connectivity index (χ0n) is 9.75. The minimum absolute atomic E-state index is 0.531. The van der Waals surface area contributed by atoms with Gasteiger partial charge in [-0.05, 0) is 19.2 Å². The largest absolute Gasteiger partial charge is 0.314 e. The van der Waals surface area contributed by atoms with Crippen molar-refractivity contribution in [3.8, 4) is 0 Å². The summed E-state index contributed by atoms with van der Waals surface area (Å²) in [7, 11) is 0. The molecule has 0 aliphatic heterocycles. The summed E-state index contributed by atoms with van der Waals surface area (Å²) in [6.07, 6.45) is 1.04. The molecule has 86 valence electrons. The van der Waals surface area contributed by atoms with Crippen LogP contribution in [-0.4, -0.2) is 23.3 Å². The van der Waals surface area contributed by atoms with Crippen LogP contribution in [-0.2, 0) is 12.2 Å². The van der Waals surface area contributed by atoms with E-state index in [4.69, 9.17) is 0 Å². The Hall–Kier alpha value is -0.0600. The Morgan fingerprint density at radius 3 is 3.00 bits per heavy atom. The van der Waals surface area contributed by atoms with E-state index < -0.39 is 0 Å². The molecule has 1 aromatic heterocycles. The first-order chi connectivity index (χ1) is 7.26. The molecule has 0 fully saturated rings. The average molecular weight is 244 g/mol. The van der Waals surface area contributed by atoms with Crippen LogP contribution in [0.2, 0.25) is 0 Å². The molecule has 0 aromatic carbocycles. The lowest BCUT2D eigenvalue weighted by Crippen LogP contribution is -2.27. The molecule has 1 atom stereocenters. The monoisotopic (exact) mass is 244 g/mol.